The summed E-state index contributed by atoms with van der Waals surface area (Å²) in [5, 5.41) is 12.7. The molecule has 1 aromatic heterocycles. The van der Waals surface area contributed by atoms with Crippen molar-refractivity contribution in [3.8, 4) is 0 Å². The number of carbonyl (C=O) groups is 3. The highest BCUT2D eigenvalue weighted by atomic mass is 35.5. The van der Waals surface area contributed by atoms with E-state index < -0.39 is 6.04 Å². The molecule has 1 aliphatic heterocycles. The zero-order chi connectivity index (χ0) is 22.6. The van der Waals surface area contributed by atoms with Crippen LogP contribution in [-0.2, 0) is 14.4 Å². The van der Waals surface area contributed by atoms with Crippen molar-refractivity contribution in [1.29, 1.82) is 0 Å². The van der Waals surface area contributed by atoms with Gasteiger partial charge in [-0.3, -0.25) is 19.3 Å². The van der Waals surface area contributed by atoms with Gasteiger partial charge in [-0.15, -0.1) is 10.2 Å². The number of benzene rings is 1. The van der Waals surface area contributed by atoms with Crippen LogP contribution < -0.4 is 5.32 Å². The van der Waals surface area contributed by atoms with Gasteiger partial charge >= 0.3 is 0 Å². The second kappa shape index (κ2) is 8.08. The molecule has 0 radical (unpaired) electrons. The fraction of sp³-hybridized carbons (Fsp3) is 0.435. The second-order valence-corrected chi connectivity index (χ2v) is 10.4. The summed E-state index contributed by atoms with van der Waals surface area (Å²) in [6, 6.07) is 6.25. The maximum atomic E-state index is 13.4. The predicted molar refractivity (Wildman–Crippen MR) is 121 cm³/mol. The van der Waals surface area contributed by atoms with E-state index >= 15 is 0 Å². The molecule has 5 rings (SSSR count). The van der Waals surface area contributed by atoms with Gasteiger partial charge in [-0.1, -0.05) is 61.1 Å². The van der Waals surface area contributed by atoms with Crippen molar-refractivity contribution in [1.82, 2.24) is 15.1 Å². The van der Waals surface area contributed by atoms with Crippen LogP contribution in [0.5, 0.6) is 0 Å². The van der Waals surface area contributed by atoms with Gasteiger partial charge in [-0.05, 0) is 36.0 Å². The van der Waals surface area contributed by atoms with Crippen LogP contribution in [0.1, 0.15) is 49.2 Å². The lowest BCUT2D eigenvalue weighted by atomic mass is 9.85. The topological polar surface area (TPSA) is 92.3 Å². The van der Waals surface area contributed by atoms with Crippen LogP contribution in [0.15, 0.2) is 36.4 Å². The van der Waals surface area contributed by atoms with Crippen molar-refractivity contribution in [2.75, 3.05) is 5.32 Å². The number of likely N-dealkylation sites (tertiary alicyclic amines) is 1. The number of anilines is 1. The minimum absolute atomic E-state index is 0.0576. The first-order valence-electron chi connectivity index (χ1n) is 10.8. The number of nitrogens with one attached hydrogen (secondary N) is 1. The van der Waals surface area contributed by atoms with E-state index in [1.807, 2.05) is 13.8 Å². The Morgan fingerprint density at radius 2 is 1.75 bits per heavy atom. The van der Waals surface area contributed by atoms with Gasteiger partial charge < -0.3 is 5.32 Å². The summed E-state index contributed by atoms with van der Waals surface area (Å²) < 4.78 is 0. The number of rotatable bonds is 6. The molecule has 2 aromatic rings. The first kappa shape index (κ1) is 21.3. The molecule has 9 heteroatoms. The molecule has 2 bridgehead atoms. The minimum Gasteiger partial charge on any atom is -0.300 e. The van der Waals surface area contributed by atoms with Crippen molar-refractivity contribution >= 4 is 45.8 Å². The van der Waals surface area contributed by atoms with Gasteiger partial charge in [0, 0.05) is 10.9 Å². The number of amides is 3. The zero-order valence-electron chi connectivity index (χ0n) is 17.7. The molecule has 5 unspecified atom stereocenters. The summed E-state index contributed by atoms with van der Waals surface area (Å²) in [4.78, 5) is 41.0. The molecule has 0 spiro atoms. The van der Waals surface area contributed by atoms with Crippen LogP contribution in [-0.4, -0.2) is 32.8 Å². The maximum Gasteiger partial charge on any atom is 0.234 e. The van der Waals surface area contributed by atoms with E-state index in [0.29, 0.717) is 15.7 Å². The normalized spacial score (nSPS) is 26.8. The monoisotopic (exact) mass is 470 g/mol. The summed E-state index contributed by atoms with van der Waals surface area (Å²) in [6.45, 7) is 4.01. The number of hydrogen-bond acceptors (Lipinski definition) is 6. The van der Waals surface area contributed by atoms with Gasteiger partial charge in [0.25, 0.3) is 0 Å². The third-order valence-electron chi connectivity index (χ3n) is 6.63. The highest BCUT2D eigenvalue weighted by molar-refractivity contribution is 7.15. The Balaban J connectivity index is 1.41. The van der Waals surface area contributed by atoms with Gasteiger partial charge in [0.15, 0.2) is 0 Å². The largest absolute Gasteiger partial charge is 0.300 e. The average Bonchev–Trinajstić information content (AvgIpc) is 3.52. The van der Waals surface area contributed by atoms with Gasteiger partial charge in [0.2, 0.25) is 22.9 Å². The van der Waals surface area contributed by atoms with Crippen molar-refractivity contribution in [2.24, 2.45) is 23.7 Å². The van der Waals surface area contributed by atoms with Gasteiger partial charge in [-0.25, -0.2) is 0 Å². The zero-order valence-corrected chi connectivity index (χ0v) is 19.3. The molecule has 2 fully saturated rings. The number of fused-ring (bicyclic) bond motifs is 5. The number of allylic oxidation sites excluding steroid dienone is 2. The van der Waals surface area contributed by atoms with Crippen molar-refractivity contribution in [3.63, 3.8) is 0 Å². The Morgan fingerprint density at radius 3 is 2.31 bits per heavy atom. The standard InChI is InChI=1S/C23H23ClN4O3S/c1-11(2)20-26-27-23(32-20)25-17(29)10-16(12-5-7-15(24)8-6-12)28-21(30)18-13-3-4-14(9-13)19(18)22(28)31/h3-8,11,13-14,16,18-19H,9-10H2,1-2H3,(H,25,27,29). The maximum absolute atomic E-state index is 13.4. The van der Waals surface area contributed by atoms with Crippen molar-refractivity contribution < 1.29 is 14.4 Å². The smallest absolute Gasteiger partial charge is 0.234 e. The highest BCUT2D eigenvalue weighted by Crippen LogP contribution is 2.54. The Kier molecular flexibility index (Phi) is 5.37. The van der Waals surface area contributed by atoms with Crippen LogP contribution in [0.25, 0.3) is 0 Å². The molecule has 3 aliphatic rings. The number of aromatic nitrogens is 2. The fourth-order valence-electron chi connectivity index (χ4n) is 5.14. The summed E-state index contributed by atoms with van der Waals surface area (Å²) in [7, 11) is 0. The number of carbonyl (C=O) groups excluding carboxylic acids is 3. The van der Waals surface area contributed by atoms with E-state index in [4.69, 9.17) is 11.6 Å². The molecule has 1 N–H and O–H groups in total. The minimum atomic E-state index is -0.699. The van der Waals surface area contributed by atoms with Crippen LogP contribution in [0.2, 0.25) is 5.02 Å². The molecule has 1 aromatic carbocycles. The van der Waals surface area contributed by atoms with E-state index in [1.165, 1.54) is 16.2 Å². The molecule has 32 heavy (non-hydrogen) atoms. The number of imide groups is 1. The first-order chi connectivity index (χ1) is 15.3. The average molecular weight is 471 g/mol. The molecule has 2 heterocycles. The van der Waals surface area contributed by atoms with Gasteiger partial charge in [0.1, 0.15) is 5.01 Å². The van der Waals surface area contributed by atoms with Crippen LogP contribution in [0.3, 0.4) is 0 Å². The molecule has 7 nitrogen and oxygen atoms in total. The van der Waals surface area contributed by atoms with Gasteiger partial charge in [0.05, 0.1) is 24.3 Å². The van der Waals surface area contributed by atoms with Crippen molar-refractivity contribution in [3.05, 3.63) is 52.0 Å². The summed E-state index contributed by atoms with van der Waals surface area (Å²) in [6.07, 6.45) is 4.93. The third kappa shape index (κ3) is 3.55. The Morgan fingerprint density at radius 1 is 1.12 bits per heavy atom. The molecular formula is C23H23ClN4O3S. The van der Waals surface area contributed by atoms with E-state index in [0.717, 1.165) is 11.4 Å². The molecule has 1 saturated carbocycles. The molecule has 1 saturated heterocycles. The quantitative estimate of drug-likeness (QED) is 0.504. The van der Waals surface area contributed by atoms with Crippen LogP contribution >= 0.6 is 22.9 Å². The van der Waals surface area contributed by atoms with Crippen LogP contribution in [0.4, 0.5) is 5.13 Å². The summed E-state index contributed by atoms with van der Waals surface area (Å²) in [5.74, 6) is -0.869. The predicted octanol–water partition coefficient (Wildman–Crippen LogP) is 4.19. The molecular weight excluding hydrogens is 448 g/mol. The van der Waals surface area contributed by atoms with Crippen LogP contribution in [0, 0.1) is 23.7 Å². The van der Waals surface area contributed by atoms with Crippen molar-refractivity contribution in [2.45, 2.75) is 38.6 Å². The lowest BCUT2D eigenvalue weighted by Gasteiger charge is -2.28. The van der Waals surface area contributed by atoms with E-state index in [2.05, 4.69) is 27.7 Å². The summed E-state index contributed by atoms with van der Waals surface area (Å²) >= 11 is 7.37. The molecule has 166 valence electrons. The molecule has 2 aliphatic carbocycles. The number of hydrogen-bond donors (Lipinski definition) is 1. The Labute approximate surface area is 194 Å². The first-order valence-corrected chi connectivity index (χ1v) is 12.0. The SMILES string of the molecule is CC(C)c1nnc(NC(=O)CC(c2ccc(Cl)cc2)N2C(=O)C3C4C=CC(C4)C3C2=O)s1. The third-order valence-corrected chi connectivity index (χ3v) is 8.02. The highest BCUT2D eigenvalue weighted by Gasteiger charge is 2.60. The fourth-order valence-corrected chi connectivity index (χ4v) is 6.03. The molecule has 5 atom stereocenters. The van der Waals surface area contributed by atoms with E-state index in [-0.39, 0.29) is 53.7 Å². The molecule has 3 amide bonds. The van der Waals surface area contributed by atoms with E-state index in [1.54, 1.807) is 24.3 Å². The Hall–Kier alpha value is -2.58. The lowest BCUT2D eigenvalue weighted by Crippen LogP contribution is -2.38. The van der Waals surface area contributed by atoms with Gasteiger partial charge in [-0.2, -0.15) is 0 Å². The Bertz CT molecular complexity index is 1080. The summed E-state index contributed by atoms with van der Waals surface area (Å²) in [5.41, 5.74) is 0.701. The number of nitrogens with zero attached hydrogens (tertiary/aromatic N) is 3. The number of halogens is 1. The second-order valence-electron chi connectivity index (χ2n) is 8.97. The van der Waals surface area contributed by atoms with E-state index in [9.17, 15) is 14.4 Å². The lowest BCUT2D eigenvalue weighted by molar-refractivity contribution is -0.144.